The largest absolute Gasteiger partial charge is 0.491 e. The highest BCUT2D eigenvalue weighted by atomic mass is 35.5. The van der Waals surface area contributed by atoms with Crippen molar-refractivity contribution in [2.45, 2.75) is 25.9 Å². The van der Waals surface area contributed by atoms with E-state index in [9.17, 15) is 0 Å². The van der Waals surface area contributed by atoms with Gasteiger partial charge in [0.1, 0.15) is 36.1 Å². The Labute approximate surface area is 280 Å². The molecule has 0 unspecified atom stereocenters. The number of aryl methyl sites for hydroxylation is 4. The molecule has 0 saturated heterocycles. The Hall–Kier alpha value is -3.96. The van der Waals surface area contributed by atoms with E-state index in [4.69, 9.17) is 32.7 Å². The number of nitrogens with zero attached hydrogens (tertiary/aromatic N) is 8. The molecule has 10 nitrogen and oxygen atoms in total. The Morgan fingerprint density at radius 1 is 0.609 bits per heavy atom. The number of hydrogen-bond acceptors (Lipinski definition) is 8. The zero-order valence-corrected chi connectivity index (χ0v) is 28.2. The molecular weight excluding hydrogens is 623 g/mol. The first-order valence-corrected chi connectivity index (χ1v) is 16.0. The fourth-order valence-electron chi connectivity index (χ4n) is 4.69. The lowest BCUT2D eigenvalue weighted by Gasteiger charge is -2.12. The van der Waals surface area contributed by atoms with Gasteiger partial charge in [-0.05, 0) is 76.4 Å². The van der Waals surface area contributed by atoms with Crippen molar-refractivity contribution in [2.75, 3.05) is 54.5 Å². The molecule has 0 bridgehead atoms. The van der Waals surface area contributed by atoms with Gasteiger partial charge in [0.2, 0.25) is 0 Å². The molecule has 46 heavy (non-hydrogen) atoms. The molecule has 0 aliphatic heterocycles. The summed E-state index contributed by atoms with van der Waals surface area (Å²) in [7, 11) is 8.05. The Morgan fingerprint density at radius 2 is 1.02 bits per heavy atom. The molecule has 242 valence electrons. The number of halogens is 2. The first-order chi connectivity index (χ1) is 22.2. The van der Waals surface area contributed by atoms with Crippen LogP contribution in [-0.4, -0.2) is 94.3 Å². The predicted octanol–water partition coefficient (Wildman–Crippen LogP) is 5.88. The minimum atomic E-state index is 0.593. The van der Waals surface area contributed by atoms with E-state index in [0.717, 1.165) is 59.6 Å². The highest BCUT2D eigenvalue weighted by molar-refractivity contribution is 6.32. The van der Waals surface area contributed by atoms with Gasteiger partial charge in [-0.1, -0.05) is 70.0 Å². The molecule has 0 aliphatic carbocycles. The van der Waals surface area contributed by atoms with Crippen LogP contribution < -0.4 is 9.47 Å². The lowest BCUT2D eigenvalue weighted by molar-refractivity contribution is 0.261. The lowest BCUT2D eigenvalue weighted by atomic mass is 10.1. The molecular formula is C34H40Cl2N8O2. The van der Waals surface area contributed by atoms with Gasteiger partial charge in [-0.25, -0.2) is 0 Å². The average Bonchev–Trinajstić information content (AvgIpc) is 3.71. The highest BCUT2D eigenvalue weighted by Crippen LogP contribution is 2.27. The van der Waals surface area contributed by atoms with Crippen molar-refractivity contribution >= 4 is 23.2 Å². The molecule has 0 radical (unpaired) electrons. The van der Waals surface area contributed by atoms with Crippen molar-refractivity contribution < 1.29 is 9.47 Å². The minimum absolute atomic E-state index is 0.593. The molecule has 0 spiro atoms. The van der Waals surface area contributed by atoms with Crippen molar-refractivity contribution in [3.63, 3.8) is 0 Å². The zero-order chi connectivity index (χ0) is 32.5. The fraction of sp³-hybridized carbons (Fsp3) is 0.353. The van der Waals surface area contributed by atoms with E-state index in [1.807, 2.05) is 111 Å². The number of ether oxygens (including phenoxy) is 2. The second-order valence-electron chi connectivity index (χ2n) is 11.6. The third-order valence-corrected chi connectivity index (χ3v) is 7.99. The quantitative estimate of drug-likeness (QED) is 0.130. The molecule has 0 amide bonds. The Balaban J connectivity index is 1.11. The Morgan fingerprint density at radius 3 is 1.39 bits per heavy atom. The molecule has 0 N–H and O–H groups in total. The van der Waals surface area contributed by atoms with Gasteiger partial charge in [0, 0.05) is 37.3 Å². The topological polar surface area (TPSA) is 86.4 Å². The van der Waals surface area contributed by atoms with Gasteiger partial charge in [-0.15, -0.1) is 10.2 Å². The van der Waals surface area contributed by atoms with Crippen molar-refractivity contribution in [1.82, 2.24) is 39.8 Å². The molecule has 2 heterocycles. The average molecular weight is 664 g/mol. The van der Waals surface area contributed by atoms with Crippen LogP contribution in [0.2, 0.25) is 10.0 Å². The zero-order valence-electron chi connectivity index (χ0n) is 26.7. The van der Waals surface area contributed by atoms with Crippen LogP contribution in [0, 0.1) is 0 Å². The molecule has 0 aliphatic rings. The summed E-state index contributed by atoms with van der Waals surface area (Å²) in [6.45, 7) is 4.22. The number of aromatic nitrogens is 6. The van der Waals surface area contributed by atoms with Crippen LogP contribution in [0.4, 0.5) is 0 Å². The number of likely N-dealkylation sites (N-methyl/N-ethyl adjacent to an activating group) is 2. The second kappa shape index (κ2) is 16.0. The maximum atomic E-state index is 6.45. The standard InChI is InChI=1S/C34H40Cl2N8O2/c1-41(2)17-19-45-33-11-5-25(21-29(33)35)13-15-43-23-31(37-39-43)27-7-9-28(10-8-27)32-24-44(40-38-32)16-14-26-6-12-34(30(36)22-26)46-20-18-42(3)4/h5-12,21-24H,13-20H2,1-4H3. The van der Waals surface area contributed by atoms with Crippen molar-refractivity contribution in [1.29, 1.82) is 0 Å². The second-order valence-corrected chi connectivity index (χ2v) is 12.5. The van der Waals surface area contributed by atoms with E-state index >= 15 is 0 Å². The molecule has 0 atom stereocenters. The van der Waals surface area contributed by atoms with Gasteiger partial charge in [0.05, 0.1) is 22.4 Å². The van der Waals surface area contributed by atoms with Crippen LogP contribution in [0.15, 0.2) is 73.1 Å². The molecule has 0 fully saturated rings. The molecule has 12 heteroatoms. The van der Waals surface area contributed by atoms with Gasteiger partial charge < -0.3 is 19.3 Å². The lowest BCUT2D eigenvalue weighted by Crippen LogP contribution is -2.19. The van der Waals surface area contributed by atoms with E-state index in [1.54, 1.807) is 0 Å². The van der Waals surface area contributed by atoms with E-state index in [2.05, 4.69) is 30.4 Å². The van der Waals surface area contributed by atoms with Gasteiger partial charge in [-0.3, -0.25) is 9.36 Å². The third kappa shape index (κ3) is 9.53. The summed E-state index contributed by atoms with van der Waals surface area (Å²) >= 11 is 12.9. The van der Waals surface area contributed by atoms with Gasteiger partial charge in [-0.2, -0.15) is 0 Å². The van der Waals surface area contributed by atoms with Crippen LogP contribution in [0.25, 0.3) is 22.5 Å². The number of hydrogen-bond donors (Lipinski definition) is 0. The third-order valence-electron chi connectivity index (χ3n) is 7.40. The summed E-state index contributed by atoms with van der Waals surface area (Å²) in [6.07, 6.45) is 5.47. The first kappa shape index (κ1) is 33.4. The first-order valence-electron chi connectivity index (χ1n) is 15.3. The van der Waals surface area contributed by atoms with Gasteiger partial charge in [0.15, 0.2) is 0 Å². The molecule has 2 aromatic heterocycles. The van der Waals surface area contributed by atoms with Gasteiger partial charge >= 0.3 is 0 Å². The molecule has 0 saturated carbocycles. The van der Waals surface area contributed by atoms with E-state index in [1.165, 1.54) is 0 Å². The van der Waals surface area contributed by atoms with Crippen molar-refractivity contribution in [3.05, 3.63) is 94.2 Å². The smallest absolute Gasteiger partial charge is 0.137 e. The van der Waals surface area contributed by atoms with Crippen LogP contribution >= 0.6 is 23.2 Å². The summed E-state index contributed by atoms with van der Waals surface area (Å²) in [5.41, 5.74) is 5.81. The molecule has 5 rings (SSSR count). The minimum Gasteiger partial charge on any atom is -0.491 e. The monoisotopic (exact) mass is 662 g/mol. The van der Waals surface area contributed by atoms with Crippen LogP contribution in [-0.2, 0) is 25.9 Å². The Bertz CT molecular complexity index is 1580. The number of benzene rings is 3. The number of rotatable bonds is 16. The molecule has 3 aromatic carbocycles. The van der Waals surface area contributed by atoms with Gasteiger partial charge in [0.25, 0.3) is 0 Å². The van der Waals surface area contributed by atoms with E-state index in [0.29, 0.717) is 47.8 Å². The summed E-state index contributed by atoms with van der Waals surface area (Å²) in [6, 6.07) is 20.0. The van der Waals surface area contributed by atoms with E-state index < -0.39 is 0 Å². The predicted molar refractivity (Wildman–Crippen MR) is 183 cm³/mol. The summed E-state index contributed by atoms with van der Waals surface area (Å²) in [5, 5.41) is 18.7. The maximum Gasteiger partial charge on any atom is 0.137 e. The van der Waals surface area contributed by atoms with Crippen molar-refractivity contribution in [3.8, 4) is 34.0 Å². The molecule has 5 aromatic rings. The summed E-state index contributed by atoms with van der Waals surface area (Å²) in [4.78, 5) is 4.14. The van der Waals surface area contributed by atoms with Crippen LogP contribution in [0.3, 0.4) is 0 Å². The fourth-order valence-corrected chi connectivity index (χ4v) is 5.20. The summed E-state index contributed by atoms with van der Waals surface area (Å²) in [5.74, 6) is 1.41. The normalized spacial score (nSPS) is 11.5. The van der Waals surface area contributed by atoms with Crippen LogP contribution in [0.5, 0.6) is 11.5 Å². The Kier molecular flexibility index (Phi) is 11.7. The maximum absolute atomic E-state index is 6.45. The van der Waals surface area contributed by atoms with Crippen molar-refractivity contribution in [2.24, 2.45) is 0 Å². The summed E-state index contributed by atoms with van der Waals surface area (Å²) < 4.78 is 15.3. The SMILES string of the molecule is CN(C)CCOc1ccc(CCn2cc(-c3ccc(-c4cn(CCc5ccc(OCCN(C)C)c(Cl)c5)nn4)cc3)nn2)cc1Cl. The van der Waals surface area contributed by atoms with E-state index in [-0.39, 0.29) is 0 Å². The highest BCUT2D eigenvalue weighted by Gasteiger charge is 2.10. The van der Waals surface area contributed by atoms with Crippen LogP contribution in [0.1, 0.15) is 11.1 Å².